The van der Waals surface area contributed by atoms with Crippen LogP contribution in [0.3, 0.4) is 0 Å². The summed E-state index contributed by atoms with van der Waals surface area (Å²) < 4.78 is 0. The standard InChI is InChI=1S/C13H17NO2/c1-9(15)8-14-6-5-12-7-11(10(2)16)3-4-13(12)14/h3-4,7,9,15H,5-6,8H2,1-2H3. The summed E-state index contributed by atoms with van der Waals surface area (Å²) in [5.41, 5.74) is 3.15. The van der Waals surface area contributed by atoms with Gasteiger partial charge in [0.15, 0.2) is 5.78 Å². The number of aliphatic hydroxyl groups excluding tert-OH is 1. The lowest BCUT2D eigenvalue weighted by atomic mass is 10.1. The number of fused-ring (bicyclic) bond motifs is 1. The van der Waals surface area contributed by atoms with Crippen LogP contribution in [0.5, 0.6) is 0 Å². The number of nitrogens with zero attached hydrogens (tertiary/aromatic N) is 1. The highest BCUT2D eigenvalue weighted by Gasteiger charge is 2.20. The van der Waals surface area contributed by atoms with E-state index in [1.165, 1.54) is 5.56 Å². The van der Waals surface area contributed by atoms with E-state index in [-0.39, 0.29) is 11.9 Å². The second kappa shape index (κ2) is 4.26. The summed E-state index contributed by atoms with van der Waals surface area (Å²) >= 11 is 0. The summed E-state index contributed by atoms with van der Waals surface area (Å²) in [5, 5.41) is 9.39. The van der Waals surface area contributed by atoms with Crippen LogP contribution in [-0.4, -0.2) is 30.1 Å². The molecule has 16 heavy (non-hydrogen) atoms. The largest absolute Gasteiger partial charge is 0.392 e. The Kier molecular flexibility index (Phi) is 2.97. The van der Waals surface area contributed by atoms with E-state index < -0.39 is 0 Å². The molecule has 0 spiro atoms. The number of carbonyl (C=O) groups is 1. The maximum absolute atomic E-state index is 11.3. The van der Waals surface area contributed by atoms with Gasteiger partial charge in [-0.1, -0.05) is 0 Å². The minimum Gasteiger partial charge on any atom is -0.392 e. The Morgan fingerprint density at radius 2 is 2.31 bits per heavy atom. The van der Waals surface area contributed by atoms with Gasteiger partial charge in [-0.05, 0) is 44.0 Å². The van der Waals surface area contributed by atoms with Crippen molar-refractivity contribution in [1.29, 1.82) is 0 Å². The van der Waals surface area contributed by atoms with Crippen molar-refractivity contribution in [2.75, 3.05) is 18.0 Å². The highest BCUT2D eigenvalue weighted by molar-refractivity contribution is 5.94. The monoisotopic (exact) mass is 219 g/mol. The fraction of sp³-hybridized carbons (Fsp3) is 0.462. The van der Waals surface area contributed by atoms with Crippen molar-refractivity contribution in [3.05, 3.63) is 29.3 Å². The van der Waals surface area contributed by atoms with Crippen molar-refractivity contribution in [2.45, 2.75) is 26.4 Å². The highest BCUT2D eigenvalue weighted by Crippen LogP contribution is 2.28. The van der Waals surface area contributed by atoms with Gasteiger partial charge in [0.1, 0.15) is 0 Å². The third-order valence-corrected chi connectivity index (χ3v) is 2.96. The Labute approximate surface area is 95.7 Å². The van der Waals surface area contributed by atoms with E-state index in [4.69, 9.17) is 0 Å². The number of hydrogen-bond donors (Lipinski definition) is 1. The molecule has 0 aromatic heterocycles. The van der Waals surface area contributed by atoms with E-state index in [0.717, 1.165) is 24.2 Å². The van der Waals surface area contributed by atoms with Crippen LogP contribution < -0.4 is 4.90 Å². The lowest BCUT2D eigenvalue weighted by Gasteiger charge is -2.20. The quantitative estimate of drug-likeness (QED) is 0.785. The molecule has 0 radical (unpaired) electrons. The predicted molar refractivity (Wildman–Crippen MR) is 64.0 cm³/mol. The molecule has 0 saturated heterocycles. The number of ketones is 1. The van der Waals surface area contributed by atoms with Crippen molar-refractivity contribution < 1.29 is 9.90 Å². The summed E-state index contributed by atoms with van der Waals surface area (Å²) in [6, 6.07) is 5.82. The first-order valence-electron chi connectivity index (χ1n) is 5.65. The van der Waals surface area contributed by atoms with Crippen molar-refractivity contribution >= 4 is 11.5 Å². The maximum Gasteiger partial charge on any atom is 0.159 e. The molecule has 2 rings (SSSR count). The van der Waals surface area contributed by atoms with Crippen LogP contribution in [0.2, 0.25) is 0 Å². The third-order valence-electron chi connectivity index (χ3n) is 2.96. The van der Waals surface area contributed by atoms with Crippen molar-refractivity contribution in [3.63, 3.8) is 0 Å². The summed E-state index contributed by atoms with van der Waals surface area (Å²) in [5.74, 6) is 0.108. The Balaban J connectivity index is 2.25. The van der Waals surface area contributed by atoms with Gasteiger partial charge in [-0.2, -0.15) is 0 Å². The molecule has 0 fully saturated rings. The number of benzene rings is 1. The van der Waals surface area contributed by atoms with Gasteiger partial charge in [0.25, 0.3) is 0 Å². The van der Waals surface area contributed by atoms with Gasteiger partial charge >= 0.3 is 0 Å². The average Bonchev–Trinajstić information content (AvgIpc) is 2.60. The number of Topliss-reactive ketones (excluding diaryl/α,β-unsaturated/α-hetero) is 1. The molecule has 1 heterocycles. The molecule has 1 aromatic carbocycles. The number of hydrogen-bond acceptors (Lipinski definition) is 3. The van der Waals surface area contributed by atoms with Crippen LogP contribution in [-0.2, 0) is 6.42 Å². The van der Waals surface area contributed by atoms with Crippen LogP contribution in [0.15, 0.2) is 18.2 Å². The zero-order chi connectivity index (χ0) is 11.7. The van der Waals surface area contributed by atoms with Gasteiger partial charge < -0.3 is 10.0 Å². The normalized spacial score (nSPS) is 16.1. The first-order chi connectivity index (χ1) is 7.58. The summed E-state index contributed by atoms with van der Waals surface area (Å²) in [7, 11) is 0. The molecule has 0 aliphatic carbocycles. The van der Waals surface area contributed by atoms with Crippen molar-refractivity contribution in [1.82, 2.24) is 0 Å². The van der Waals surface area contributed by atoms with Gasteiger partial charge in [-0.3, -0.25) is 4.79 Å². The van der Waals surface area contributed by atoms with Gasteiger partial charge in [0, 0.05) is 24.3 Å². The fourth-order valence-electron chi connectivity index (χ4n) is 2.20. The van der Waals surface area contributed by atoms with Crippen LogP contribution in [0.25, 0.3) is 0 Å². The molecule has 86 valence electrons. The number of rotatable bonds is 3. The first-order valence-corrected chi connectivity index (χ1v) is 5.65. The van der Waals surface area contributed by atoms with E-state index in [1.54, 1.807) is 13.8 Å². The van der Waals surface area contributed by atoms with E-state index in [2.05, 4.69) is 4.90 Å². The van der Waals surface area contributed by atoms with E-state index in [1.807, 2.05) is 18.2 Å². The number of carbonyl (C=O) groups excluding carboxylic acids is 1. The van der Waals surface area contributed by atoms with Crippen LogP contribution in [0, 0.1) is 0 Å². The molecule has 1 aliphatic rings. The average molecular weight is 219 g/mol. The minimum absolute atomic E-state index is 0.108. The zero-order valence-corrected chi connectivity index (χ0v) is 9.73. The lowest BCUT2D eigenvalue weighted by molar-refractivity contribution is 0.101. The minimum atomic E-state index is -0.321. The first kappa shape index (κ1) is 11.1. The second-order valence-corrected chi connectivity index (χ2v) is 4.44. The van der Waals surface area contributed by atoms with E-state index >= 15 is 0 Å². The van der Waals surface area contributed by atoms with Crippen LogP contribution in [0.1, 0.15) is 29.8 Å². The molecule has 1 atom stereocenters. The molecular weight excluding hydrogens is 202 g/mol. The molecule has 0 bridgehead atoms. The Morgan fingerprint density at radius 1 is 1.56 bits per heavy atom. The maximum atomic E-state index is 11.3. The molecule has 1 unspecified atom stereocenters. The molecule has 1 aromatic rings. The molecule has 0 saturated carbocycles. The lowest BCUT2D eigenvalue weighted by Crippen LogP contribution is -2.29. The zero-order valence-electron chi connectivity index (χ0n) is 9.73. The van der Waals surface area contributed by atoms with Gasteiger partial charge in [0.2, 0.25) is 0 Å². The number of β-amino-alcohol motifs (C(OH)–C–C–N with tert-alkyl or cyclic N) is 1. The summed E-state index contributed by atoms with van der Waals surface area (Å²) in [6.07, 6.45) is 0.641. The van der Waals surface area contributed by atoms with E-state index in [9.17, 15) is 9.90 Å². The van der Waals surface area contributed by atoms with Crippen LogP contribution in [0.4, 0.5) is 5.69 Å². The Hall–Kier alpha value is -1.35. The number of aliphatic hydroxyl groups is 1. The molecule has 0 amide bonds. The second-order valence-electron chi connectivity index (χ2n) is 4.44. The Morgan fingerprint density at radius 3 is 2.94 bits per heavy atom. The van der Waals surface area contributed by atoms with E-state index in [0.29, 0.717) is 6.54 Å². The van der Waals surface area contributed by atoms with Crippen LogP contribution >= 0.6 is 0 Å². The molecular formula is C13H17NO2. The van der Waals surface area contributed by atoms with Gasteiger partial charge in [0.05, 0.1) is 6.10 Å². The molecule has 3 nitrogen and oxygen atoms in total. The Bertz CT molecular complexity index is 412. The summed E-state index contributed by atoms with van der Waals surface area (Å²) in [6.45, 7) is 4.97. The topological polar surface area (TPSA) is 40.5 Å². The smallest absolute Gasteiger partial charge is 0.159 e. The number of anilines is 1. The molecule has 3 heteroatoms. The molecule has 1 aliphatic heterocycles. The SMILES string of the molecule is CC(=O)c1ccc2c(c1)CCN2CC(C)O. The van der Waals surface area contributed by atoms with Crippen molar-refractivity contribution in [2.24, 2.45) is 0 Å². The van der Waals surface area contributed by atoms with Gasteiger partial charge in [-0.25, -0.2) is 0 Å². The molecule has 1 N–H and O–H groups in total. The predicted octanol–water partition coefficient (Wildman–Crippen LogP) is 1.63. The summed E-state index contributed by atoms with van der Waals surface area (Å²) in [4.78, 5) is 13.4. The highest BCUT2D eigenvalue weighted by atomic mass is 16.3. The van der Waals surface area contributed by atoms with Gasteiger partial charge in [-0.15, -0.1) is 0 Å². The third kappa shape index (κ3) is 2.09. The van der Waals surface area contributed by atoms with Crippen molar-refractivity contribution in [3.8, 4) is 0 Å². The fourth-order valence-corrected chi connectivity index (χ4v) is 2.20.